The van der Waals surface area contributed by atoms with E-state index in [2.05, 4.69) is 15.0 Å². The maximum atomic E-state index is 13.8. The topological polar surface area (TPSA) is 71.1 Å². The highest BCUT2D eigenvalue weighted by Crippen LogP contribution is 2.35. The molecule has 0 radical (unpaired) electrons. The van der Waals surface area contributed by atoms with E-state index in [0.717, 1.165) is 23.1 Å². The number of aromatic nitrogens is 3. The molecule has 1 amide bonds. The molecule has 27 heavy (non-hydrogen) atoms. The quantitative estimate of drug-likeness (QED) is 0.771. The molecule has 1 aliphatic rings. The van der Waals surface area contributed by atoms with Gasteiger partial charge in [-0.1, -0.05) is 6.08 Å². The smallest absolute Gasteiger partial charge is 0.219 e. The first-order valence-electron chi connectivity index (χ1n) is 8.69. The van der Waals surface area contributed by atoms with Crippen molar-refractivity contribution < 1.29 is 13.9 Å². The second kappa shape index (κ2) is 6.83. The number of rotatable bonds is 3. The Morgan fingerprint density at radius 3 is 2.85 bits per heavy atom. The van der Waals surface area contributed by atoms with Gasteiger partial charge in [0.2, 0.25) is 5.91 Å². The highest BCUT2D eigenvalue weighted by Gasteiger charge is 2.19. The molecule has 0 aliphatic carbocycles. The summed E-state index contributed by atoms with van der Waals surface area (Å²) in [6.07, 6.45) is 4.26. The van der Waals surface area contributed by atoms with Crippen molar-refractivity contribution in [3.63, 3.8) is 0 Å². The number of carbonyl (C=O) groups excluding carboxylic acids is 1. The van der Waals surface area contributed by atoms with E-state index in [4.69, 9.17) is 4.74 Å². The van der Waals surface area contributed by atoms with E-state index in [9.17, 15) is 9.18 Å². The predicted octanol–water partition coefficient (Wildman–Crippen LogP) is 3.41. The van der Waals surface area contributed by atoms with Gasteiger partial charge in [-0.2, -0.15) is 0 Å². The van der Waals surface area contributed by atoms with Crippen molar-refractivity contribution in [1.29, 1.82) is 0 Å². The summed E-state index contributed by atoms with van der Waals surface area (Å²) in [6.45, 7) is 2.86. The minimum atomic E-state index is -0.354. The van der Waals surface area contributed by atoms with Crippen molar-refractivity contribution in [3.05, 3.63) is 48.2 Å². The molecule has 138 valence electrons. The van der Waals surface area contributed by atoms with Crippen LogP contribution < -0.4 is 4.74 Å². The summed E-state index contributed by atoms with van der Waals surface area (Å²) in [7, 11) is 1.55. The summed E-state index contributed by atoms with van der Waals surface area (Å²) in [4.78, 5) is 25.3. The number of H-pyrrole nitrogens is 1. The molecule has 0 saturated heterocycles. The molecule has 1 aromatic carbocycles. The third-order valence-electron chi connectivity index (χ3n) is 4.84. The molecule has 0 unspecified atom stereocenters. The van der Waals surface area contributed by atoms with Gasteiger partial charge >= 0.3 is 0 Å². The Labute approximate surface area is 155 Å². The maximum Gasteiger partial charge on any atom is 0.219 e. The molecule has 0 bridgehead atoms. The summed E-state index contributed by atoms with van der Waals surface area (Å²) in [5, 5.41) is 0.797. The number of benzene rings is 1. The second-order valence-electron chi connectivity index (χ2n) is 6.46. The van der Waals surface area contributed by atoms with Gasteiger partial charge in [0.25, 0.3) is 0 Å². The standard InChI is InChI=1S/C20H19FN4O2/c1-12(26)25-7-5-13(6-8-25)17-10-16-19(22-11-23-20(16)24-17)15-9-14(21)3-4-18(15)27-2/h3-5,9-11H,6-8H2,1-2H3,(H,22,23,24). The Morgan fingerprint density at radius 2 is 2.15 bits per heavy atom. The lowest BCUT2D eigenvalue weighted by atomic mass is 10.0. The molecule has 3 aromatic rings. The SMILES string of the molecule is COc1ccc(F)cc1-c1ncnc2[nH]c(C3=CCN(C(C)=O)CC3)cc12. The fraction of sp³-hybridized carbons (Fsp3) is 0.250. The maximum absolute atomic E-state index is 13.8. The zero-order chi connectivity index (χ0) is 19.0. The van der Waals surface area contributed by atoms with E-state index < -0.39 is 0 Å². The number of fused-ring (bicyclic) bond motifs is 1. The largest absolute Gasteiger partial charge is 0.496 e. The van der Waals surface area contributed by atoms with Crippen molar-refractivity contribution in [1.82, 2.24) is 19.9 Å². The van der Waals surface area contributed by atoms with E-state index in [1.807, 2.05) is 12.1 Å². The Morgan fingerprint density at radius 1 is 1.30 bits per heavy atom. The third-order valence-corrected chi connectivity index (χ3v) is 4.84. The summed E-state index contributed by atoms with van der Waals surface area (Å²) in [5.41, 5.74) is 3.93. The molecule has 7 heteroatoms. The molecular formula is C20H19FN4O2. The van der Waals surface area contributed by atoms with Crippen molar-refractivity contribution >= 4 is 22.5 Å². The van der Waals surface area contributed by atoms with E-state index in [-0.39, 0.29) is 11.7 Å². The predicted molar refractivity (Wildman–Crippen MR) is 101 cm³/mol. The van der Waals surface area contributed by atoms with Crippen molar-refractivity contribution in [3.8, 4) is 17.0 Å². The van der Waals surface area contributed by atoms with Crippen LogP contribution in [0, 0.1) is 5.82 Å². The average Bonchev–Trinajstić information content (AvgIpc) is 3.12. The first-order valence-corrected chi connectivity index (χ1v) is 8.69. The Hall–Kier alpha value is -3.22. The molecule has 0 atom stereocenters. The summed E-state index contributed by atoms with van der Waals surface area (Å²) < 4.78 is 19.2. The fourth-order valence-corrected chi connectivity index (χ4v) is 3.39. The van der Waals surface area contributed by atoms with E-state index >= 15 is 0 Å². The van der Waals surface area contributed by atoms with Crippen molar-refractivity contribution in [2.45, 2.75) is 13.3 Å². The number of methoxy groups -OCH3 is 1. The van der Waals surface area contributed by atoms with Gasteiger partial charge in [0.15, 0.2) is 0 Å². The third kappa shape index (κ3) is 3.16. The van der Waals surface area contributed by atoms with Crippen LogP contribution in [0.25, 0.3) is 27.9 Å². The molecule has 3 heterocycles. The molecule has 4 rings (SSSR count). The molecular weight excluding hydrogens is 347 g/mol. The molecule has 1 N–H and O–H groups in total. The van der Waals surface area contributed by atoms with Crippen LogP contribution in [0.5, 0.6) is 5.75 Å². The Kier molecular flexibility index (Phi) is 4.35. The number of carbonyl (C=O) groups is 1. The number of nitrogens with one attached hydrogen (secondary N) is 1. The first kappa shape index (κ1) is 17.2. The fourth-order valence-electron chi connectivity index (χ4n) is 3.39. The lowest BCUT2D eigenvalue weighted by Crippen LogP contribution is -2.32. The normalized spacial score (nSPS) is 14.3. The summed E-state index contributed by atoms with van der Waals surface area (Å²) in [5.74, 6) is 0.272. The van der Waals surface area contributed by atoms with E-state index in [1.54, 1.807) is 25.0 Å². The van der Waals surface area contributed by atoms with Crippen LogP contribution in [-0.4, -0.2) is 46.0 Å². The number of hydrogen-bond donors (Lipinski definition) is 1. The second-order valence-corrected chi connectivity index (χ2v) is 6.46. The van der Waals surface area contributed by atoms with Gasteiger partial charge in [-0.05, 0) is 36.3 Å². The van der Waals surface area contributed by atoms with Crippen LogP contribution in [0.2, 0.25) is 0 Å². The lowest BCUT2D eigenvalue weighted by Gasteiger charge is -2.24. The number of nitrogens with zero attached hydrogens (tertiary/aromatic N) is 3. The van der Waals surface area contributed by atoms with Gasteiger partial charge in [0, 0.05) is 36.7 Å². The van der Waals surface area contributed by atoms with E-state index in [1.165, 1.54) is 18.5 Å². The van der Waals surface area contributed by atoms with Gasteiger partial charge in [-0.15, -0.1) is 0 Å². The zero-order valence-corrected chi connectivity index (χ0v) is 15.1. The highest BCUT2D eigenvalue weighted by molar-refractivity contribution is 5.94. The number of halogens is 1. The van der Waals surface area contributed by atoms with Crippen molar-refractivity contribution in [2.24, 2.45) is 0 Å². The van der Waals surface area contributed by atoms with E-state index in [0.29, 0.717) is 35.7 Å². The molecule has 0 fully saturated rings. The molecule has 0 spiro atoms. The first-order chi connectivity index (χ1) is 13.1. The lowest BCUT2D eigenvalue weighted by molar-refractivity contribution is -0.128. The van der Waals surface area contributed by atoms with Crippen LogP contribution in [0.1, 0.15) is 19.0 Å². The van der Waals surface area contributed by atoms with Gasteiger partial charge in [-0.3, -0.25) is 4.79 Å². The van der Waals surface area contributed by atoms with Crippen LogP contribution >= 0.6 is 0 Å². The van der Waals surface area contributed by atoms with Crippen molar-refractivity contribution in [2.75, 3.05) is 20.2 Å². The van der Waals surface area contributed by atoms with Gasteiger partial charge in [-0.25, -0.2) is 14.4 Å². The van der Waals surface area contributed by atoms with Crippen LogP contribution in [0.4, 0.5) is 4.39 Å². The van der Waals surface area contributed by atoms with Gasteiger partial charge in [0.05, 0.1) is 12.8 Å². The number of ether oxygens (including phenoxy) is 1. The number of aromatic amines is 1. The minimum Gasteiger partial charge on any atom is -0.496 e. The highest BCUT2D eigenvalue weighted by atomic mass is 19.1. The van der Waals surface area contributed by atoms with Crippen LogP contribution in [0.15, 0.2) is 36.7 Å². The zero-order valence-electron chi connectivity index (χ0n) is 15.1. The Bertz CT molecular complexity index is 1060. The number of amides is 1. The molecule has 6 nitrogen and oxygen atoms in total. The molecule has 2 aromatic heterocycles. The summed E-state index contributed by atoms with van der Waals surface area (Å²) in [6, 6.07) is 6.34. The minimum absolute atomic E-state index is 0.0771. The average molecular weight is 366 g/mol. The van der Waals surface area contributed by atoms with Crippen LogP contribution in [0.3, 0.4) is 0 Å². The van der Waals surface area contributed by atoms with Crippen LogP contribution in [-0.2, 0) is 4.79 Å². The molecule has 0 saturated carbocycles. The molecule has 1 aliphatic heterocycles. The van der Waals surface area contributed by atoms with Gasteiger partial charge < -0.3 is 14.6 Å². The number of hydrogen-bond acceptors (Lipinski definition) is 4. The van der Waals surface area contributed by atoms with Gasteiger partial charge in [0.1, 0.15) is 23.5 Å². The monoisotopic (exact) mass is 366 g/mol. The summed E-state index contributed by atoms with van der Waals surface area (Å²) >= 11 is 0. The Balaban J connectivity index is 1.78.